The fourth-order valence-electron chi connectivity index (χ4n) is 1.95. The zero-order valence-corrected chi connectivity index (χ0v) is 12.2. The monoisotopic (exact) mass is 304 g/mol. The molecule has 1 atom stereocenters. The van der Waals surface area contributed by atoms with E-state index in [0.29, 0.717) is 5.92 Å². The maximum Gasteiger partial charge on any atom is 0.105 e. The minimum atomic E-state index is -0.584. The topological polar surface area (TPSA) is 20.2 Å². The van der Waals surface area contributed by atoms with Crippen LogP contribution >= 0.6 is 15.9 Å². The first-order chi connectivity index (χ1) is 8.59. The fourth-order valence-corrected chi connectivity index (χ4v) is 2.41. The van der Waals surface area contributed by atoms with Crippen LogP contribution in [0.3, 0.4) is 0 Å². The molecule has 2 rings (SSSR count). The predicted molar refractivity (Wildman–Crippen MR) is 78.7 cm³/mol. The molecule has 94 valence electrons. The Morgan fingerprint density at radius 3 is 2.22 bits per heavy atom. The van der Waals surface area contributed by atoms with Crippen LogP contribution in [0, 0.1) is 0 Å². The predicted octanol–water partition coefficient (Wildman–Crippen LogP) is 4.65. The summed E-state index contributed by atoms with van der Waals surface area (Å²) in [5.74, 6) is 0.458. The van der Waals surface area contributed by atoms with Crippen LogP contribution in [0.5, 0.6) is 0 Å². The number of aliphatic hydroxyl groups excluding tert-OH is 1. The van der Waals surface area contributed by atoms with E-state index < -0.39 is 6.10 Å². The lowest BCUT2D eigenvalue weighted by Gasteiger charge is -2.16. The molecule has 0 heterocycles. The van der Waals surface area contributed by atoms with Crippen molar-refractivity contribution in [2.75, 3.05) is 0 Å². The van der Waals surface area contributed by atoms with Crippen molar-refractivity contribution in [2.24, 2.45) is 0 Å². The van der Waals surface area contributed by atoms with Gasteiger partial charge in [0.25, 0.3) is 0 Å². The summed E-state index contributed by atoms with van der Waals surface area (Å²) in [6.07, 6.45) is -0.584. The molecule has 0 aliphatic carbocycles. The van der Waals surface area contributed by atoms with E-state index in [-0.39, 0.29) is 0 Å². The molecule has 1 unspecified atom stereocenters. The van der Waals surface area contributed by atoms with E-state index in [4.69, 9.17) is 0 Å². The third-order valence-corrected chi connectivity index (χ3v) is 3.82. The van der Waals surface area contributed by atoms with E-state index in [2.05, 4.69) is 41.9 Å². The zero-order chi connectivity index (χ0) is 13.1. The standard InChI is InChI=1S/C16H17BrO/c1-11(2)13-8-9-15(17)14(10-13)16(18)12-6-4-3-5-7-12/h3-11,16,18H,1-2H3. The molecule has 0 spiro atoms. The molecule has 0 aromatic heterocycles. The third-order valence-electron chi connectivity index (χ3n) is 3.10. The molecule has 0 bridgehead atoms. The van der Waals surface area contributed by atoms with Gasteiger partial charge in [-0.2, -0.15) is 0 Å². The highest BCUT2D eigenvalue weighted by Crippen LogP contribution is 2.31. The summed E-state index contributed by atoms with van der Waals surface area (Å²) in [4.78, 5) is 0. The molecule has 0 amide bonds. The summed E-state index contributed by atoms with van der Waals surface area (Å²) in [6, 6.07) is 15.9. The maximum absolute atomic E-state index is 10.4. The quantitative estimate of drug-likeness (QED) is 0.875. The molecule has 1 N–H and O–H groups in total. The first-order valence-electron chi connectivity index (χ1n) is 6.12. The Balaban J connectivity index is 2.41. The molecule has 0 saturated heterocycles. The molecule has 0 aliphatic rings. The molecule has 1 nitrogen and oxygen atoms in total. The molecular weight excluding hydrogens is 288 g/mol. The Morgan fingerprint density at radius 2 is 1.61 bits per heavy atom. The van der Waals surface area contributed by atoms with Gasteiger partial charge in [-0.1, -0.05) is 72.2 Å². The molecule has 18 heavy (non-hydrogen) atoms. The molecule has 2 heteroatoms. The van der Waals surface area contributed by atoms with Crippen molar-refractivity contribution in [2.45, 2.75) is 25.9 Å². The van der Waals surface area contributed by atoms with E-state index >= 15 is 0 Å². The summed E-state index contributed by atoms with van der Waals surface area (Å²) < 4.78 is 0.947. The Morgan fingerprint density at radius 1 is 0.944 bits per heavy atom. The average Bonchev–Trinajstić information content (AvgIpc) is 2.39. The van der Waals surface area contributed by atoms with Crippen molar-refractivity contribution < 1.29 is 5.11 Å². The maximum atomic E-state index is 10.4. The molecule has 0 radical (unpaired) electrons. The Kier molecular flexibility index (Phi) is 4.20. The molecular formula is C16H17BrO. The first-order valence-corrected chi connectivity index (χ1v) is 6.91. The molecule has 0 aliphatic heterocycles. The highest BCUT2D eigenvalue weighted by atomic mass is 79.9. The van der Waals surface area contributed by atoms with Gasteiger partial charge >= 0.3 is 0 Å². The second kappa shape index (κ2) is 5.68. The average molecular weight is 305 g/mol. The van der Waals surface area contributed by atoms with Gasteiger partial charge in [-0.25, -0.2) is 0 Å². The smallest absolute Gasteiger partial charge is 0.105 e. The van der Waals surface area contributed by atoms with Crippen LogP contribution in [-0.2, 0) is 0 Å². The fraction of sp³-hybridized carbons (Fsp3) is 0.250. The van der Waals surface area contributed by atoms with Crippen LogP contribution < -0.4 is 0 Å². The minimum absolute atomic E-state index is 0.458. The van der Waals surface area contributed by atoms with E-state index in [0.717, 1.165) is 15.6 Å². The van der Waals surface area contributed by atoms with Crippen LogP contribution in [0.15, 0.2) is 53.0 Å². The van der Waals surface area contributed by atoms with Crippen molar-refractivity contribution >= 4 is 15.9 Å². The number of hydrogen-bond donors (Lipinski definition) is 1. The van der Waals surface area contributed by atoms with Crippen LogP contribution in [0.25, 0.3) is 0 Å². The lowest BCUT2D eigenvalue weighted by molar-refractivity contribution is 0.219. The highest BCUT2D eigenvalue weighted by molar-refractivity contribution is 9.10. The van der Waals surface area contributed by atoms with Crippen LogP contribution in [0.2, 0.25) is 0 Å². The van der Waals surface area contributed by atoms with Crippen molar-refractivity contribution in [1.82, 2.24) is 0 Å². The van der Waals surface area contributed by atoms with Gasteiger partial charge in [0.1, 0.15) is 6.10 Å². The first kappa shape index (κ1) is 13.3. The molecule has 2 aromatic rings. The number of hydrogen-bond acceptors (Lipinski definition) is 1. The van der Waals surface area contributed by atoms with Gasteiger partial charge in [0, 0.05) is 4.47 Å². The van der Waals surface area contributed by atoms with Gasteiger partial charge in [-0.15, -0.1) is 0 Å². The van der Waals surface area contributed by atoms with Gasteiger partial charge in [-0.05, 0) is 28.7 Å². The Bertz CT molecular complexity index is 520. The van der Waals surface area contributed by atoms with Crippen molar-refractivity contribution in [3.05, 3.63) is 69.7 Å². The second-order valence-corrected chi connectivity index (χ2v) is 5.60. The normalized spacial score (nSPS) is 12.7. The second-order valence-electron chi connectivity index (χ2n) is 4.75. The van der Waals surface area contributed by atoms with Crippen LogP contribution in [-0.4, -0.2) is 5.11 Å². The molecule has 2 aromatic carbocycles. The van der Waals surface area contributed by atoms with Crippen molar-refractivity contribution in [3.63, 3.8) is 0 Å². The van der Waals surface area contributed by atoms with Crippen molar-refractivity contribution in [3.8, 4) is 0 Å². The highest BCUT2D eigenvalue weighted by Gasteiger charge is 2.14. The zero-order valence-electron chi connectivity index (χ0n) is 10.6. The Hall–Kier alpha value is -1.12. The lowest BCUT2D eigenvalue weighted by atomic mass is 9.96. The van der Waals surface area contributed by atoms with Crippen molar-refractivity contribution in [1.29, 1.82) is 0 Å². The summed E-state index contributed by atoms with van der Waals surface area (Å²) in [5, 5.41) is 10.4. The minimum Gasteiger partial charge on any atom is -0.384 e. The van der Waals surface area contributed by atoms with E-state index in [1.54, 1.807) is 0 Å². The van der Waals surface area contributed by atoms with E-state index in [1.165, 1.54) is 5.56 Å². The Labute approximate surface area is 117 Å². The number of aliphatic hydroxyl groups is 1. The van der Waals surface area contributed by atoms with Gasteiger partial charge in [0.05, 0.1) is 0 Å². The van der Waals surface area contributed by atoms with E-state index in [9.17, 15) is 5.11 Å². The van der Waals surface area contributed by atoms with Gasteiger partial charge < -0.3 is 5.11 Å². The largest absolute Gasteiger partial charge is 0.384 e. The van der Waals surface area contributed by atoms with Gasteiger partial charge in [0.2, 0.25) is 0 Å². The van der Waals surface area contributed by atoms with Crippen LogP contribution in [0.4, 0.5) is 0 Å². The summed E-state index contributed by atoms with van der Waals surface area (Å²) in [6.45, 7) is 4.31. The summed E-state index contributed by atoms with van der Waals surface area (Å²) in [5.41, 5.74) is 3.08. The number of rotatable bonds is 3. The summed E-state index contributed by atoms with van der Waals surface area (Å²) in [7, 11) is 0. The molecule has 0 fully saturated rings. The number of halogens is 1. The van der Waals surface area contributed by atoms with Gasteiger partial charge in [-0.3, -0.25) is 0 Å². The van der Waals surface area contributed by atoms with Gasteiger partial charge in [0.15, 0.2) is 0 Å². The summed E-state index contributed by atoms with van der Waals surface area (Å²) >= 11 is 3.52. The van der Waals surface area contributed by atoms with Crippen LogP contribution in [0.1, 0.15) is 42.6 Å². The van der Waals surface area contributed by atoms with E-state index in [1.807, 2.05) is 36.4 Å². The lowest BCUT2D eigenvalue weighted by Crippen LogP contribution is -2.02. The number of benzene rings is 2. The molecule has 0 saturated carbocycles. The third kappa shape index (κ3) is 2.82. The SMILES string of the molecule is CC(C)c1ccc(Br)c(C(O)c2ccccc2)c1.